The van der Waals surface area contributed by atoms with E-state index >= 15 is 0 Å². The molecule has 0 aliphatic carbocycles. The molecule has 2 aromatic heterocycles. The third-order valence-electron chi connectivity index (χ3n) is 4.18. The molecule has 3 heterocycles. The topological polar surface area (TPSA) is 82.8 Å². The van der Waals surface area contributed by atoms with Gasteiger partial charge in [-0.15, -0.1) is 0 Å². The Balaban J connectivity index is 1.90. The first-order valence-corrected chi connectivity index (χ1v) is 8.24. The number of nitrogens with one attached hydrogen (secondary N) is 3. The lowest BCUT2D eigenvalue weighted by atomic mass is 9.89. The summed E-state index contributed by atoms with van der Waals surface area (Å²) in [5.74, 6) is 0.400. The highest BCUT2D eigenvalue weighted by Crippen LogP contribution is 2.39. The fourth-order valence-corrected chi connectivity index (χ4v) is 3.21. The number of anilines is 1. The lowest BCUT2D eigenvalue weighted by Crippen LogP contribution is -2.25. The van der Waals surface area contributed by atoms with Crippen molar-refractivity contribution in [3.63, 3.8) is 0 Å². The van der Waals surface area contributed by atoms with E-state index in [1.807, 2.05) is 57.3 Å². The van der Waals surface area contributed by atoms with Gasteiger partial charge in [0.25, 0.3) is 0 Å². The Morgan fingerprint density at radius 1 is 1.24 bits per heavy atom. The van der Waals surface area contributed by atoms with Gasteiger partial charge in [0.05, 0.1) is 6.20 Å². The number of rotatable bonds is 2. The largest absolute Gasteiger partial charge is 0.455 e. The van der Waals surface area contributed by atoms with Gasteiger partial charge in [0.15, 0.2) is 0 Å². The van der Waals surface area contributed by atoms with Crippen molar-refractivity contribution in [2.45, 2.75) is 32.3 Å². The quantitative estimate of drug-likeness (QED) is 0.620. The van der Waals surface area contributed by atoms with Crippen LogP contribution >= 0.6 is 0 Å². The predicted octanol–water partition coefficient (Wildman–Crippen LogP) is 3.92. The number of aromatic nitrogens is 3. The van der Waals surface area contributed by atoms with Crippen molar-refractivity contribution < 1.29 is 9.53 Å². The molecule has 1 unspecified atom stereocenters. The third kappa shape index (κ3) is 2.69. The van der Waals surface area contributed by atoms with Gasteiger partial charge < -0.3 is 15.0 Å². The van der Waals surface area contributed by atoms with Gasteiger partial charge in [-0.3, -0.25) is 5.10 Å². The highest BCUT2D eigenvalue weighted by atomic mass is 16.6. The van der Waals surface area contributed by atoms with Crippen LogP contribution < -0.4 is 5.32 Å². The number of para-hydroxylation sites is 1. The maximum Gasteiger partial charge on any atom is 0.355 e. The number of benzene rings is 1. The molecule has 1 aliphatic heterocycles. The van der Waals surface area contributed by atoms with E-state index in [-0.39, 0.29) is 11.9 Å². The van der Waals surface area contributed by atoms with Crippen LogP contribution in [0.25, 0.3) is 10.9 Å². The first-order valence-electron chi connectivity index (χ1n) is 8.24. The molecular formula is C19H20N4O2. The SMILES string of the molecule is CC(C)(C)OC(=O)c1[nH]c2ccccc2c1C1C=CNc2[nH]ncc21. The highest BCUT2D eigenvalue weighted by Gasteiger charge is 2.30. The number of allylic oxidation sites excluding steroid dienone is 1. The number of aromatic amines is 2. The van der Waals surface area contributed by atoms with Crippen molar-refractivity contribution in [3.8, 4) is 0 Å². The van der Waals surface area contributed by atoms with Crippen LogP contribution in [0.5, 0.6) is 0 Å². The molecule has 6 nitrogen and oxygen atoms in total. The molecule has 1 aromatic carbocycles. The molecule has 0 spiro atoms. The predicted molar refractivity (Wildman–Crippen MR) is 96.7 cm³/mol. The minimum absolute atomic E-state index is 0.0892. The fraction of sp³-hybridized carbons (Fsp3) is 0.263. The van der Waals surface area contributed by atoms with E-state index in [1.165, 1.54) is 0 Å². The van der Waals surface area contributed by atoms with Crippen molar-refractivity contribution in [1.82, 2.24) is 15.2 Å². The van der Waals surface area contributed by atoms with Crippen molar-refractivity contribution in [2.24, 2.45) is 0 Å². The van der Waals surface area contributed by atoms with E-state index in [1.54, 1.807) is 6.20 Å². The molecule has 0 saturated heterocycles. The van der Waals surface area contributed by atoms with Crippen LogP contribution in [0.4, 0.5) is 5.82 Å². The van der Waals surface area contributed by atoms with Crippen molar-refractivity contribution in [2.75, 3.05) is 5.32 Å². The Morgan fingerprint density at radius 3 is 2.84 bits per heavy atom. The Kier molecular flexibility index (Phi) is 3.42. The van der Waals surface area contributed by atoms with Gasteiger partial charge in [0.2, 0.25) is 0 Å². The van der Waals surface area contributed by atoms with Crippen molar-refractivity contribution in [1.29, 1.82) is 0 Å². The van der Waals surface area contributed by atoms with E-state index in [9.17, 15) is 4.79 Å². The first kappa shape index (κ1) is 15.5. The van der Waals surface area contributed by atoms with Gasteiger partial charge in [-0.2, -0.15) is 5.10 Å². The van der Waals surface area contributed by atoms with Crippen LogP contribution in [-0.4, -0.2) is 26.8 Å². The molecule has 3 N–H and O–H groups in total. The highest BCUT2D eigenvalue weighted by molar-refractivity contribution is 5.99. The van der Waals surface area contributed by atoms with Gasteiger partial charge in [-0.05, 0) is 33.0 Å². The molecule has 0 bridgehead atoms. The van der Waals surface area contributed by atoms with Crippen LogP contribution in [0, 0.1) is 0 Å². The average Bonchev–Trinajstić information content (AvgIpc) is 3.17. The number of nitrogens with zero attached hydrogens (tertiary/aromatic N) is 1. The van der Waals surface area contributed by atoms with Gasteiger partial charge in [-0.25, -0.2) is 4.79 Å². The summed E-state index contributed by atoms with van der Waals surface area (Å²) in [6.07, 6.45) is 5.68. The Morgan fingerprint density at radius 2 is 2.04 bits per heavy atom. The summed E-state index contributed by atoms with van der Waals surface area (Å²) >= 11 is 0. The van der Waals surface area contributed by atoms with E-state index < -0.39 is 5.60 Å². The number of carbonyl (C=O) groups is 1. The van der Waals surface area contributed by atoms with E-state index in [0.29, 0.717) is 5.69 Å². The summed E-state index contributed by atoms with van der Waals surface area (Å²) in [5, 5.41) is 11.2. The Hall–Kier alpha value is -3.02. The Bertz CT molecular complexity index is 975. The normalized spacial score (nSPS) is 16.5. The number of esters is 1. The number of fused-ring (bicyclic) bond motifs is 2. The molecule has 6 heteroatoms. The van der Waals surface area contributed by atoms with E-state index in [0.717, 1.165) is 27.8 Å². The van der Waals surface area contributed by atoms with Gasteiger partial charge in [0, 0.05) is 27.9 Å². The molecule has 128 valence electrons. The molecular weight excluding hydrogens is 316 g/mol. The van der Waals surface area contributed by atoms with Crippen LogP contribution in [0.3, 0.4) is 0 Å². The number of H-pyrrole nitrogens is 2. The first-order chi connectivity index (χ1) is 11.9. The number of carbonyl (C=O) groups excluding carboxylic acids is 1. The second kappa shape index (κ2) is 5.51. The maximum atomic E-state index is 12.8. The van der Waals surface area contributed by atoms with Gasteiger partial charge >= 0.3 is 5.97 Å². The summed E-state index contributed by atoms with van der Waals surface area (Å²) < 4.78 is 5.62. The Labute approximate surface area is 145 Å². The summed E-state index contributed by atoms with van der Waals surface area (Å²) in [7, 11) is 0. The van der Waals surface area contributed by atoms with Crippen LogP contribution in [0.1, 0.15) is 48.3 Å². The molecule has 0 radical (unpaired) electrons. The van der Waals surface area contributed by atoms with Gasteiger partial charge in [0.1, 0.15) is 17.1 Å². The third-order valence-corrected chi connectivity index (χ3v) is 4.18. The van der Waals surface area contributed by atoms with Gasteiger partial charge in [-0.1, -0.05) is 24.3 Å². The molecule has 3 aromatic rings. The zero-order chi connectivity index (χ0) is 17.6. The lowest BCUT2D eigenvalue weighted by molar-refractivity contribution is 0.00626. The van der Waals surface area contributed by atoms with Crippen LogP contribution in [-0.2, 0) is 4.74 Å². The fourth-order valence-electron chi connectivity index (χ4n) is 3.21. The van der Waals surface area contributed by atoms with E-state index in [4.69, 9.17) is 4.74 Å². The smallest absolute Gasteiger partial charge is 0.355 e. The van der Waals surface area contributed by atoms with Crippen LogP contribution in [0.15, 0.2) is 42.7 Å². The summed E-state index contributed by atoms with van der Waals surface area (Å²) in [5.41, 5.74) is 2.74. The van der Waals surface area contributed by atoms with Crippen LogP contribution in [0.2, 0.25) is 0 Å². The van der Waals surface area contributed by atoms with Crippen molar-refractivity contribution in [3.05, 3.63) is 59.6 Å². The standard InChI is InChI=1S/C19H20N4O2/c1-19(2,3)25-18(24)16-15(12-6-4-5-7-14(12)22-16)11-8-9-20-17-13(11)10-21-23-17/h4-11,22H,1-3H3,(H2,20,21,23). The zero-order valence-electron chi connectivity index (χ0n) is 14.4. The monoisotopic (exact) mass is 336 g/mol. The second-order valence-electron chi connectivity index (χ2n) is 7.14. The van der Waals surface area contributed by atoms with E-state index in [2.05, 4.69) is 20.5 Å². The molecule has 0 fully saturated rings. The zero-order valence-corrected chi connectivity index (χ0v) is 14.4. The average molecular weight is 336 g/mol. The maximum absolute atomic E-state index is 12.8. The number of hydrogen-bond donors (Lipinski definition) is 3. The molecule has 4 rings (SSSR count). The summed E-state index contributed by atoms with van der Waals surface area (Å²) in [6.45, 7) is 5.60. The summed E-state index contributed by atoms with van der Waals surface area (Å²) in [4.78, 5) is 16.1. The molecule has 0 saturated carbocycles. The molecule has 1 aliphatic rings. The molecule has 1 atom stereocenters. The molecule has 25 heavy (non-hydrogen) atoms. The second-order valence-corrected chi connectivity index (χ2v) is 7.14. The minimum Gasteiger partial charge on any atom is -0.455 e. The number of hydrogen-bond acceptors (Lipinski definition) is 4. The van der Waals surface area contributed by atoms with Crippen molar-refractivity contribution >= 4 is 22.7 Å². The summed E-state index contributed by atoms with van der Waals surface area (Å²) in [6, 6.07) is 7.90. The number of ether oxygens (including phenoxy) is 1. The lowest BCUT2D eigenvalue weighted by Gasteiger charge is -2.22. The minimum atomic E-state index is -0.559. The molecule has 0 amide bonds.